The van der Waals surface area contributed by atoms with E-state index in [9.17, 15) is 14.4 Å². The highest BCUT2D eigenvalue weighted by molar-refractivity contribution is 6.00. The molecule has 1 aromatic rings. The highest BCUT2D eigenvalue weighted by Crippen LogP contribution is 2.36. The Hall–Kier alpha value is -2.57. The first kappa shape index (κ1) is 16.8. The van der Waals surface area contributed by atoms with E-state index in [1.54, 1.807) is 25.1 Å². The molecule has 0 spiro atoms. The van der Waals surface area contributed by atoms with Gasteiger partial charge < -0.3 is 19.5 Å². The van der Waals surface area contributed by atoms with E-state index in [0.717, 1.165) is 5.56 Å². The molecule has 1 aliphatic heterocycles. The van der Waals surface area contributed by atoms with Crippen LogP contribution in [-0.4, -0.2) is 38.1 Å². The number of esters is 2. The van der Waals surface area contributed by atoms with Crippen LogP contribution in [0.15, 0.2) is 18.2 Å². The van der Waals surface area contributed by atoms with E-state index in [1.165, 1.54) is 14.0 Å². The molecule has 1 fully saturated rings. The highest BCUT2D eigenvalue weighted by atomic mass is 16.6. The fourth-order valence-corrected chi connectivity index (χ4v) is 2.59. The fraction of sp³-hybridized carbons (Fsp3) is 0.438. The topological polar surface area (TPSA) is 90.9 Å². The van der Waals surface area contributed by atoms with Gasteiger partial charge in [-0.1, -0.05) is 6.07 Å². The summed E-state index contributed by atoms with van der Waals surface area (Å²) in [7, 11) is 1.45. The molecule has 1 heterocycles. The smallest absolute Gasteiger partial charge is 0.319 e. The van der Waals surface area contributed by atoms with Crippen molar-refractivity contribution in [1.29, 1.82) is 0 Å². The molecule has 23 heavy (non-hydrogen) atoms. The minimum absolute atomic E-state index is 0.212. The van der Waals surface area contributed by atoms with E-state index in [1.807, 2.05) is 0 Å². The number of carbonyl (C=O) groups excluding carboxylic acids is 3. The van der Waals surface area contributed by atoms with Gasteiger partial charge in [0.15, 0.2) is 11.5 Å². The van der Waals surface area contributed by atoms with Crippen LogP contribution in [0.4, 0.5) is 0 Å². The van der Waals surface area contributed by atoms with Gasteiger partial charge in [0.2, 0.25) is 5.91 Å². The van der Waals surface area contributed by atoms with Gasteiger partial charge in [0.1, 0.15) is 5.92 Å². The lowest BCUT2D eigenvalue weighted by molar-refractivity contribution is -0.151. The van der Waals surface area contributed by atoms with E-state index in [2.05, 4.69) is 5.32 Å². The molecule has 0 radical (unpaired) electrons. The van der Waals surface area contributed by atoms with Crippen molar-refractivity contribution in [2.75, 3.05) is 20.3 Å². The average Bonchev–Trinajstić information content (AvgIpc) is 2.89. The van der Waals surface area contributed by atoms with E-state index < -0.39 is 17.9 Å². The summed E-state index contributed by atoms with van der Waals surface area (Å²) >= 11 is 0. The SMILES string of the molecule is CCOC(=O)C1C(=O)NCC1c1ccc(OC(C)=O)c(OC)c1. The number of hydrogen-bond acceptors (Lipinski definition) is 6. The molecule has 7 heteroatoms. The third kappa shape index (κ3) is 3.61. The van der Waals surface area contributed by atoms with E-state index in [0.29, 0.717) is 12.3 Å². The first-order chi connectivity index (χ1) is 11.0. The lowest BCUT2D eigenvalue weighted by atomic mass is 9.88. The van der Waals surface area contributed by atoms with Crippen LogP contribution in [0.3, 0.4) is 0 Å². The van der Waals surface area contributed by atoms with Crippen LogP contribution < -0.4 is 14.8 Å². The first-order valence-corrected chi connectivity index (χ1v) is 7.28. The van der Waals surface area contributed by atoms with Crippen LogP contribution in [0.25, 0.3) is 0 Å². The Bertz CT molecular complexity index is 627. The number of methoxy groups -OCH3 is 1. The predicted molar refractivity (Wildman–Crippen MR) is 80.2 cm³/mol. The Kier molecular flexibility index (Phi) is 5.20. The number of ether oxygens (including phenoxy) is 3. The number of amides is 1. The molecule has 2 rings (SSSR count). The molecule has 1 saturated heterocycles. The molecule has 7 nitrogen and oxygen atoms in total. The summed E-state index contributed by atoms with van der Waals surface area (Å²) in [6.45, 7) is 3.53. The molecule has 0 bridgehead atoms. The molecule has 1 aromatic carbocycles. The van der Waals surface area contributed by atoms with Crippen LogP contribution in [0, 0.1) is 5.92 Å². The molecule has 2 unspecified atom stereocenters. The molecular weight excluding hydrogens is 302 g/mol. The van der Waals surface area contributed by atoms with Gasteiger partial charge in [-0.15, -0.1) is 0 Å². The number of rotatable bonds is 5. The second-order valence-corrected chi connectivity index (χ2v) is 5.09. The molecule has 1 amide bonds. The van der Waals surface area contributed by atoms with E-state index >= 15 is 0 Å². The minimum Gasteiger partial charge on any atom is -0.493 e. The third-order valence-electron chi connectivity index (χ3n) is 3.59. The zero-order chi connectivity index (χ0) is 17.0. The molecule has 0 aliphatic carbocycles. The van der Waals surface area contributed by atoms with Gasteiger partial charge in [-0.25, -0.2) is 0 Å². The predicted octanol–water partition coefficient (Wildman–Crippen LogP) is 1.01. The summed E-state index contributed by atoms with van der Waals surface area (Å²) in [4.78, 5) is 35.0. The fourth-order valence-electron chi connectivity index (χ4n) is 2.59. The standard InChI is InChI=1S/C16H19NO6/c1-4-22-16(20)14-11(8-17-15(14)19)10-5-6-12(23-9(2)18)13(7-10)21-3/h5-7,11,14H,4,8H2,1-3H3,(H,17,19). The summed E-state index contributed by atoms with van der Waals surface area (Å²) in [5, 5.41) is 2.68. The lowest BCUT2D eigenvalue weighted by Crippen LogP contribution is -2.29. The Morgan fingerprint density at radius 3 is 2.65 bits per heavy atom. The molecule has 1 N–H and O–H groups in total. The highest BCUT2D eigenvalue weighted by Gasteiger charge is 2.42. The molecule has 0 aromatic heterocycles. The van der Waals surface area contributed by atoms with Crippen LogP contribution >= 0.6 is 0 Å². The molecule has 0 saturated carbocycles. The number of nitrogens with one attached hydrogen (secondary N) is 1. The van der Waals surface area contributed by atoms with Crippen LogP contribution in [0.2, 0.25) is 0 Å². The Morgan fingerprint density at radius 2 is 2.04 bits per heavy atom. The van der Waals surface area contributed by atoms with Gasteiger partial charge in [-0.2, -0.15) is 0 Å². The van der Waals surface area contributed by atoms with E-state index in [-0.39, 0.29) is 24.2 Å². The van der Waals surface area contributed by atoms with Crippen LogP contribution in [-0.2, 0) is 19.1 Å². The largest absolute Gasteiger partial charge is 0.493 e. The van der Waals surface area contributed by atoms with Gasteiger partial charge in [-0.3, -0.25) is 14.4 Å². The molecule has 124 valence electrons. The first-order valence-electron chi connectivity index (χ1n) is 7.28. The van der Waals surface area contributed by atoms with Crippen molar-refractivity contribution in [3.63, 3.8) is 0 Å². The van der Waals surface area contributed by atoms with Crippen LogP contribution in [0.1, 0.15) is 25.3 Å². The third-order valence-corrected chi connectivity index (χ3v) is 3.59. The summed E-state index contributed by atoms with van der Waals surface area (Å²) < 4.78 is 15.2. The lowest BCUT2D eigenvalue weighted by Gasteiger charge is -2.17. The monoisotopic (exact) mass is 321 g/mol. The Morgan fingerprint density at radius 1 is 1.30 bits per heavy atom. The van der Waals surface area contributed by atoms with Crippen molar-refractivity contribution in [1.82, 2.24) is 5.32 Å². The van der Waals surface area contributed by atoms with Crippen LogP contribution in [0.5, 0.6) is 11.5 Å². The van der Waals surface area contributed by atoms with Gasteiger partial charge >= 0.3 is 11.9 Å². The minimum atomic E-state index is -0.890. The van der Waals surface area contributed by atoms with Crippen molar-refractivity contribution in [3.05, 3.63) is 23.8 Å². The number of carbonyl (C=O) groups is 3. The number of benzene rings is 1. The van der Waals surface area contributed by atoms with Crippen molar-refractivity contribution < 1.29 is 28.6 Å². The van der Waals surface area contributed by atoms with Crippen molar-refractivity contribution in [3.8, 4) is 11.5 Å². The maximum Gasteiger partial charge on any atom is 0.319 e. The Balaban J connectivity index is 2.31. The molecule has 1 aliphatic rings. The van der Waals surface area contributed by atoms with Crippen molar-refractivity contribution in [2.45, 2.75) is 19.8 Å². The van der Waals surface area contributed by atoms with Crippen molar-refractivity contribution >= 4 is 17.8 Å². The second kappa shape index (κ2) is 7.13. The maximum atomic E-state index is 12.0. The van der Waals surface area contributed by atoms with Gasteiger partial charge in [0, 0.05) is 19.4 Å². The molecule has 2 atom stereocenters. The van der Waals surface area contributed by atoms with Gasteiger partial charge in [-0.05, 0) is 24.6 Å². The summed E-state index contributed by atoms with van der Waals surface area (Å²) in [5.41, 5.74) is 0.731. The maximum absolute atomic E-state index is 12.0. The summed E-state index contributed by atoms with van der Waals surface area (Å²) in [6.07, 6.45) is 0. The molecular formula is C16H19NO6. The quantitative estimate of drug-likeness (QED) is 0.494. The zero-order valence-electron chi connectivity index (χ0n) is 13.3. The van der Waals surface area contributed by atoms with E-state index in [4.69, 9.17) is 14.2 Å². The second-order valence-electron chi connectivity index (χ2n) is 5.09. The van der Waals surface area contributed by atoms with Gasteiger partial charge in [0.25, 0.3) is 0 Å². The Labute approximate surface area is 133 Å². The summed E-state index contributed by atoms with van der Waals surface area (Å²) in [5.74, 6) is -1.96. The van der Waals surface area contributed by atoms with Crippen molar-refractivity contribution in [2.24, 2.45) is 5.92 Å². The van der Waals surface area contributed by atoms with Gasteiger partial charge in [0.05, 0.1) is 13.7 Å². The zero-order valence-corrected chi connectivity index (χ0v) is 13.3. The average molecular weight is 321 g/mol. The number of hydrogen-bond donors (Lipinski definition) is 1. The normalized spacial score (nSPS) is 19.9. The summed E-state index contributed by atoms with van der Waals surface area (Å²) in [6, 6.07) is 4.95.